The van der Waals surface area contributed by atoms with Gasteiger partial charge in [0.15, 0.2) is 8.32 Å². The van der Waals surface area contributed by atoms with Crippen molar-refractivity contribution in [2.75, 3.05) is 0 Å². The van der Waals surface area contributed by atoms with E-state index in [1.165, 1.54) is 11.1 Å². The molecule has 0 aliphatic carbocycles. The minimum absolute atomic E-state index is 0.237. The van der Waals surface area contributed by atoms with E-state index in [1.54, 1.807) is 0 Å². The fraction of sp³-hybridized carbons (Fsp3) is 0.429. The summed E-state index contributed by atoms with van der Waals surface area (Å²) in [6.07, 6.45) is 0. The van der Waals surface area contributed by atoms with Crippen LogP contribution in [-0.4, -0.2) is 8.32 Å². The second kappa shape index (κ2) is 7.54. The molecule has 0 unspecified atom stereocenters. The molecule has 0 heterocycles. The maximum Gasteiger partial charge on any atom is 0.192 e. The molecule has 3 heteroatoms. The number of hydrogen-bond donors (Lipinski definition) is 0. The predicted molar refractivity (Wildman–Crippen MR) is 104 cm³/mol. The minimum Gasteiger partial charge on any atom is -0.489 e. The van der Waals surface area contributed by atoms with E-state index in [4.69, 9.17) is 9.16 Å². The van der Waals surface area contributed by atoms with Gasteiger partial charge in [0.25, 0.3) is 0 Å². The lowest BCUT2D eigenvalue weighted by Gasteiger charge is -2.36. The summed E-state index contributed by atoms with van der Waals surface area (Å²) in [5, 5.41) is 0.237. The smallest absolute Gasteiger partial charge is 0.192 e. The van der Waals surface area contributed by atoms with Crippen LogP contribution in [0, 0.1) is 6.92 Å². The Kier molecular flexibility index (Phi) is 5.89. The van der Waals surface area contributed by atoms with Crippen LogP contribution in [0.25, 0.3) is 0 Å². The van der Waals surface area contributed by atoms with E-state index in [2.05, 4.69) is 71.1 Å². The Morgan fingerprint density at radius 1 is 0.875 bits per heavy atom. The summed E-state index contributed by atoms with van der Waals surface area (Å²) < 4.78 is 12.2. The van der Waals surface area contributed by atoms with E-state index in [9.17, 15) is 0 Å². The highest BCUT2D eigenvalue weighted by Crippen LogP contribution is 2.37. The van der Waals surface area contributed by atoms with Crippen molar-refractivity contribution in [3.05, 3.63) is 65.2 Å². The van der Waals surface area contributed by atoms with Crippen molar-refractivity contribution in [1.82, 2.24) is 0 Å². The molecule has 2 nitrogen and oxygen atoms in total. The van der Waals surface area contributed by atoms with Gasteiger partial charge in [0.2, 0.25) is 0 Å². The average Bonchev–Trinajstić information content (AvgIpc) is 2.52. The molecule has 2 aromatic carbocycles. The van der Waals surface area contributed by atoms with Gasteiger partial charge in [-0.05, 0) is 47.8 Å². The van der Waals surface area contributed by atoms with Crippen LogP contribution in [0.2, 0.25) is 18.1 Å². The van der Waals surface area contributed by atoms with Crippen molar-refractivity contribution in [3.8, 4) is 5.75 Å². The van der Waals surface area contributed by atoms with E-state index >= 15 is 0 Å². The number of ether oxygens (including phenoxy) is 1. The van der Waals surface area contributed by atoms with Gasteiger partial charge in [-0.3, -0.25) is 0 Å². The highest BCUT2D eigenvalue weighted by atomic mass is 28.4. The van der Waals surface area contributed by atoms with Gasteiger partial charge in [-0.2, -0.15) is 0 Å². The van der Waals surface area contributed by atoms with E-state index in [-0.39, 0.29) is 5.04 Å². The highest BCUT2D eigenvalue weighted by Gasteiger charge is 2.36. The first-order chi connectivity index (χ1) is 11.2. The van der Waals surface area contributed by atoms with Crippen molar-refractivity contribution in [3.63, 3.8) is 0 Å². The summed E-state index contributed by atoms with van der Waals surface area (Å²) in [6.45, 7) is 14.8. The molecule has 24 heavy (non-hydrogen) atoms. The van der Waals surface area contributed by atoms with Crippen molar-refractivity contribution in [1.29, 1.82) is 0 Å². The Morgan fingerprint density at radius 3 is 2.12 bits per heavy atom. The topological polar surface area (TPSA) is 18.5 Å². The van der Waals surface area contributed by atoms with E-state index in [1.807, 2.05) is 18.2 Å². The summed E-state index contributed by atoms with van der Waals surface area (Å²) in [5.41, 5.74) is 3.55. The maximum absolute atomic E-state index is 6.30. The monoisotopic (exact) mass is 342 g/mol. The van der Waals surface area contributed by atoms with Crippen LogP contribution >= 0.6 is 0 Å². The quantitative estimate of drug-likeness (QED) is 0.591. The summed E-state index contributed by atoms with van der Waals surface area (Å²) in [4.78, 5) is 0. The molecule has 0 aliphatic rings. The zero-order valence-electron chi connectivity index (χ0n) is 15.8. The molecule has 0 fully saturated rings. The van der Waals surface area contributed by atoms with Crippen molar-refractivity contribution >= 4 is 8.32 Å². The zero-order chi connectivity index (χ0) is 17.8. The molecule has 0 aliphatic heterocycles. The van der Waals surface area contributed by atoms with Gasteiger partial charge in [0.1, 0.15) is 12.4 Å². The van der Waals surface area contributed by atoms with Gasteiger partial charge >= 0.3 is 0 Å². The van der Waals surface area contributed by atoms with Crippen LogP contribution in [0.1, 0.15) is 37.5 Å². The molecule has 0 bridgehead atoms. The number of aryl methyl sites for hydroxylation is 1. The van der Waals surface area contributed by atoms with Gasteiger partial charge in [0, 0.05) is 0 Å². The van der Waals surface area contributed by atoms with Crippen LogP contribution < -0.4 is 4.74 Å². The molecule has 0 spiro atoms. The predicted octanol–water partition coefficient (Wildman–Crippen LogP) is 6.10. The molecule has 0 amide bonds. The lowest BCUT2D eigenvalue weighted by molar-refractivity contribution is 0.275. The van der Waals surface area contributed by atoms with Gasteiger partial charge < -0.3 is 9.16 Å². The summed E-state index contributed by atoms with van der Waals surface area (Å²) in [7, 11) is -1.71. The lowest BCUT2D eigenvalue weighted by Crippen LogP contribution is -2.40. The van der Waals surface area contributed by atoms with E-state index in [0.717, 1.165) is 11.3 Å². The Balaban J connectivity index is 1.97. The zero-order valence-corrected chi connectivity index (χ0v) is 16.8. The molecule has 0 aromatic heterocycles. The largest absolute Gasteiger partial charge is 0.489 e. The molecule has 2 rings (SSSR count). The SMILES string of the molecule is Cc1cc(CO[Si](C)(C)C(C)(C)C)ccc1OCc1ccccc1. The molecule has 2 aromatic rings. The summed E-state index contributed by atoms with van der Waals surface area (Å²) >= 11 is 0. The number of benzene rings is 2. The molecule has 0 N–H and O–H groups in total. The van der Waals surface area contributed by atoms with Crippen molar-refractivity contribution < 1.29 is 9.16 Å². The molecular formula is C21H30O2Si. The average molecular weight is 343 g/mol. The van der Waals surface area contributed by atoms with E-state index in [0.29, 0.717) is 13.2 Å². The molecule has 0 atom stereocenters. The molecular weight excluding hydrogens is 312 g/mol. The standard InChI is InChI=1S/C21H30O2Si/c1-17-14-19(16-23-24(5,6)21(2,3)4)12-13-20(17)22-15-18-10-8-7-9-11-18/h7-14H,15-16H2,1-6H3. The maximum atomic E-state index is 6.30. The van der Waals surface area contributed by atoms with Crippen LogP contribution in [0.5, 0.6) is 5.75 Å². The summed E-state index contributed by atoms with van der Waals surface area (Å²) in [5.74, 6) is 0.940. The normalized spacial score (nSPS) is 12.2. The second-order valence-electron chi connectivity index (χ2n) is 7.92. The molecule has 0 saturated heterocycles. The van der Waals surface area contributed by atoms with Crippen LogP contribution in [0.3, 0.4) is 0 Å². The van der Waals surface area contributed by atoms with Crippen molar-refractivity contribution in [2.45, 2.75) is 59.0 Å². The molecule has 130 valence electrons. The first-order valence-corrected chi connectivity index (χ1v) is 11.5. The van der Waals surface area contributed by atoms with Crippen LogP contribution in [-0.2, 0) is 17.6 Å². The van der Waals surface area contributed by atoms with Gasteiger partial charge in [0.05, 0.1) is 6.61 Å². The second-order valence-corrected chi connectivity index (χ2v) is 12.7. The Bertz CT molecular complexity index is 657. The first-order valence-electron chi connectivity index (χ1n) is 8.59. The highest BCUT2D eigenvalue weighted by molar-refractivity contribution is 6.74. The van der Waals surface area contributed by atoms with E-state index < -0.39 is 8.32 Å². The summed E-state index contributed by atoms with van der Waals surface area (Å²) in [6, 6.07) is 16.6. The van der Waals surface area contributed by atoms with Crippen LogP contribution in [0.4, 0.5) is 0 Å². The lowest BCUT2D eigenvalue weighted by atomic mass is 10.1. The van der Waals surface area contributed by atoms with Crippen molar-refractivity contribution in [2.24, 2.45) is 0 Å². The van der Waals surface area contributed by atoms with Gasteiger partial charge in [-0.25, -0.2) is 0 Å². The fourth-order valence-corrected chi connectivity index (χ4v) is 3.14. The third-order valence-corrected chi connectivity index (χ3v) is 9.36. The third kappa shape index (κ3) is 4.95. The number of hydrogen-bond acceptors (Lipinski definition) is 2. The minimum atomic E-state index is -1.71. The Morgan fingerprint density at radius 2 is 1.54 bits per heavy atom. The molecule has 0 radical (unpaired) electrons. The molecule has 0 saturated carbocycles. The fourth-order valence-electron chi connectivity index (χ4n) is 2.18. The Labute approximate surface area is 148 Å². The van der Waals surface area contributed by atoms with Gasteiger partial charge in [-0.1, -0.05) is 63.2 Å². The van der Waals surface area contributed by atoms with Crippen LogP contribution in [0.15, 0.2) is 48.5 Å². The third-order valence-electron chi connectivity index (χ3n) is 4.88. The van der Waals surface area contributed by atoms with Gasteiger partial charge in [-0.15, -0.1) is 0 Å². The number of rotatable bonds is 6. The first kappa shape index (κ1) is 18.8. The Hall–Kier alpha value is -1.58.